The Morgan fingerprint density at radius 1 is 1.00 bits per heavy atom. The molecule has 1 aromatic heterocycles. The number of nitrogens with one attached hydrogen (secondary N) is 1. The van der Waals surface area contributed by atoms with E-state index in [0.717, 1.165) is 69.8 Å². The summed E-state index contributed by atoms with van der Waals surface area (Å²) in [4.78, 5) is 4.87. The number of hydrogen-bond donors (Lipinski definition) is 3. The minimum absolute atomic E-state index is 0.0936. The van der Waals surface area contributed by atoms with Gasteiger partial charge in [0.15, 0.2) is 5.82 Å². The highest BCUT2D eigenvalue weighted by molar-refractivity contribution is 5.74. The third-order valence-corrected chi connectivity index (χ3v) is 7.52. The summed E-state index contributed by atoms with van der Waals surface area (Å²) in [6.45, 7) is 4.65. The first-order chi connectivity index (χ1) is 17.1. The predicted molar refractivity (Wildman–Crippen MR) is 138 cm³/mol. The van der Waals surface area contributed by atoms with Crippen LogP contribution in [0.3, 0.4) is 0 Å². The van der Waals surface area contributed by atoms with Gasteiger partial charge in [-0.1, -0.05) is 18.2 Å². The number of phenolic OH excluding ortho intramolecular Hbond substituents is 1. The Bertz CT molecular complexity index is 1210. The summed E-state index contributed by atoms with van der Waals surface area (Å²) >= 11 is 0. The molecule has 0 atom stereocenters. The van der Waals surface area contributed by atoms with Crippen molar-refractivity contribution in [1.82, 2.24) is 15.5 Å². The van der Waals surface area contributed by atoms with Crippen molar-refractivity contribution in [2.75, 3.05) is 48.3 Å². The first-order valence-corrected chi connectivity index (χ1v) is 12.5. The number of phenols is 1. The van der Waals surface area contributed by atoms with E-state index < -0.39 is 0 Å². The van der Waals surface area contributed by atoms with Crippen molar-refractivity contribution in [2.24, 2.45) is 0 Å². The smallest absolute Gasteiger partial charge is 0.169 e. The van der Waals surface area contributed by atoms with Gasteiger partial charge in [-0.05, 0) is 69.1 Å². The highest BCUT2D eigenvalue weighted by atomic mass is 16.5. The summed E-state index contributed by atoms with van der Waals surface area (Å²) in [5, 5.41) is 22.2. The Morgan fingerprint density at radius 3 is 2.63 bits per heavy atom. The number of hydrogen-bond acceptors (Lipinski definition) is 8. The van der Waals surface area contributed by atoms with Crippen molar-refractivity contribution < 1.29 is 9.84 Å². The lowest BCUT2D eigenvalue weighted by molar-refractivity contribution is 0.162. The summed E-state index contributed by atoms with van der Waals surface area (Å²) in [7, 11) is 0. The molecule has 182 valence electrons. The van der Waals surface area contributed by atoms with Crippen LogP contribution < -0.4 is 25.6 Å². The average Bonchev–Trinajstić information content (AvgIpc) is 3.64. The third-order valence-electron chi connectivity index (χ3n) is 7.52. The van der Waals surface area contributed by atoms with Crippen LogP contribution in [0.25, 0.3) is 11.3 Å². The predicted octanol–water partition coefficient (Wildman–Crippen LogP) is 3.42. The Hall–Kier alpha value is -3.52. The van der Waals surface area contributed by atoms with Gasteiger partial charge in [-0.3, -0.25) is 0 Å². The summed E-state index contributed by atoms with van der Waals surface area (Å²) in [5.41, 5.74) is 9.78. The van der Waals surface area contributed by atoms with Crippen molar-refractivity contribution in [3.8, 4) is 22.8 Å². The van der Waals surface area contributed by atoms with Crippen LogP contribution in [-0.4, -0.2) is 59.7 Å². The molecule has 6 rings (SSSR count). The molecule has 8 nitrogen and oxygen atoms in total. The van der Waals surface area contributed by atoms with E-state index in [2.05, 4.69) is 49.6 Å². The van der Waals surface area contributed by atoms with Crippen molar-refractivity contribution in [2.45, 2.75) is 37.3 Å². The fourth-order valence-corrected chi connectivity index (χ4v) is 5.46. The zero-order chi connectivity index (χ0) is 23.8. The highest BCUT2D eigenvalue weighted by Gasteiger charge is 2.51. The molecular weight excluding hydrogens is 440 g/mol. The maximum absolute atomic E-state index is 10.3. The number of aromatic nitrogens is 2. The van der Waals surface area contributed by atoms with Crippen molar-refractivity contribution in [3.05, 3.63) is 54.6 Å². The molecule has 1 aliphatic carbocycles. The number of rotatable bonds is 5. The van der Waals surface area contributed by atoms with Crippen molar-refractivity contribution >= 4 is 17.2 Å². The molecule has 4 N–H and O–H groups in total. The van der Waals surface area contributed by atoms with Gasteiger partial charge in [0.1, 0.15) is 17.6 Å². The maximum atomic E-state index is 10.3. The Kier molecular flexibility index (Phi) is 5.60. The molecule has 8 heteroatoms. The molecule has 2 aliphatic heterocycles. The van der Waals surface area contributed by atoms with Crippen LogP contribution in [0.5, 0.6) is 11.5 Å². The van der Waals surface area contributed by atoms with Crippen LogP contribution in [0.2, 0.25) is 0 Å². The second kappa shape index (κ2) is 8.92. The standard InChI is InChI=1S/C27H32N6O2/c28-26-24(17-23(30-31-26)22-6-1-2-7-25(22)34)32-14-15-33(27(18-32)10-11-27)19-4-3-5-21(16-19)35-20-8-12-29-13-9-20/h1-7,16-17,20,29,34H,8-15,18H2,(H2,28,31). The van der Waals surface area contributed by atoms with Crippen molar-refractivity contribution in [3.63, 3.8) is 0 Å². The number of ether oxygens (including phenoxy) is 1. The first kappa shape index (κ1) is 22.0. The second-order valence-electron chi connectivity index (χ2n) is 9.88. The molecule has 0 amide bonds. The SMILES string of the molecule is Nc1nnc(-c2ccccc2O)cc1N1CCN(c2cccc(OC3CCNCC3)c2)C2(CC2)C1. The summed E-state index contributed by atoms with van der Waals surface area (Å²) < 4.78 is 6.32. The van der Waals surface area contributed by atoms with E-state index in [-0.39, 0.29) is 11.3 Å². The molecule has 0 radical (unpaired) electrons. The van der Waals surface area contributed by atoms with E-state index in [0.29, 0.717) is 23.2 Å². The molecule has 35 heavy (non-hydrogen) atoms. The average molecular weight is 473 g/mol. The number of aromatic hydroxyl groups is 1. The van der Waals surface area contributed by atoms with Gasteiger partial charge in [0.2, 0.25) is 0 Å². The molecule has 2 aromatic carbocycles. The number of nitrogens with zero attached hydrogens (tertiary/aromatic N) is 4. The van der Waals surface area contributed by atoms with Gasteiger partial charge in [-0.2, -0.15) is 0 Å². The first-order valence-electron chi connectivity index (χ1n) is 12.5. The number of piperidine rings is 1. The van der Waals surface area contributed by atoms with Crippen LogP contribution in [-0.2, 0) is 0 Å². The molecule has 0 bridgehead atoms. The molecule has 1 saturated carbocycles. The van der Waals surface area contributed by atoms with Crippen LogP contribution in [0.4, 0.5) is 17.2 Å². The summed E-state index contributed by atoms with van der Waals surface area (Å²) in [6, 6.07) is 17.7. The van der Waals surface area contributed by atoms with Crippen LogP contribution in [0.15, 0.2) is 54.6 Å². The van der Waals surface area contributed by atoms with Gasteiger partial charge in [0.25, 0.3) is 0 Å². The number of anilines is 3. The fourth-order valence-electron chi connectivity index (χ4n) is 5.46. The Labute approximate surface area is 205 Å². The zero-order valence-corrected chi connectivity index (χ0v) is 19.9. The van der Waals surface area contributed by atoms with Gasteiger partial charge < -0.3 is 30.7 Å². The topological polar surface area (TPSA) is 99.8 Å². The fraction of sp³-hybridized carbons (Fsp3) is 0.407. The quantitative estimate of drug-likeness (QED) is 0.520. The van der Waals surface area contributed by atoms with Gasteiger partial charge in [-0.25, -0.2) is 0 Å². The maximum Gasteiger partial charge on any atom is 0.169 e. The van der Waals surface area contributed by atoms with E-state index in [4.69, 9.17) is 10.5 Å². The number of nitrogen functional groups attached to an aromatic ring is 1. The second-order valence-corrected chi connectivity index (χ2v) is 9.88. The lowest BCUT2D eigenvalue weighted by Gasteiger charge is -2.44. The van der Waals surface area contributed by atoms with E-state index in [1.807, 2.05) is 18.2 Å². The van der Waals surface area contributed by atoms with Gasteiger partial charge in [0.05, 0.1) is 16.9 Å². The molecular formula is C27H32N6O2. The molecule has 3 fully saturated rings. The number of nitrogens with two attached hydrogens (primary N) is 1. The van der Waals surface area contributed by atoms with Crippen LogP contribution in [0, 0.1) is 0 Å². The largest absolute Gasteiger partial charge is 0.507 e. The monoisotopic (exact) mass is 472 g/mol. The van der Waals surface area contributed by atoms with Crippen LogP contribution >= 0.6 is 0 Å². The molecule has 0 unspecified atom stereocenters. The van der Waals surface area contributed by atoms with Gasteiger partial charge >= 0.3 is 0 Å². The number of piperazine rings is 1. The number of para-hydroxylation sites is 1. The highest BCUT2D eigenvalue weighted by Crippen LogP contribution is 2.48. The van der Waals surface area contributed by atoms with E-state index in [1.165, 1.54) is 5.69 Å². The van der Waals surface area contributed by atoms with E-state index >= 15 is 0 Å². The lowest BCUT2D eigenvalue weighted by atomic mass is 10.1. The van der Waals surface area contributed by atoms with E-state index in [9.17, 15) is 5.11 Å². The third kappa shape index (κ3) is 4.34. The van der Waals surface area contributed by atoms with Crippen LogP contribution in [0.1, 0.15) is 25.7 Å². The molecule has 2 saturated heterocycles. The molecule has 3 aromatic rings. The minimum atomic E-state index is 0.0936. The Balaban J connectivity index is 1.21. The van der Waals surface area contributed by atoms with Gasteiger partial charge in [0, 0.05) is 37.0 Å². The molecule has 3 aliphatic rings. The normalized spacial score (nSPS) is 19.7. The van der Waals surface area contributed by atoms with E-state index in [1.54, 1.807) is 12.1 Å². The lowest BCUT2D eigenvalue weighted by Crippen LogP contribution is -2.55. The summed E-state index contributed by atoms with van der Waals surface area (Å²) in [5.74, 6) is 1.57. The Morgan fingerprint density at radius 2 is 1.83 bits per heavy atom. The van der Waals surface area contributed by atoms with Gasteiger partial charge in [-0.15, -0.1) is 10.2 Å². The molecule has 1 spiro atoms. The zero-order valence-electron chi connectivity index (χ0n) is 19.9. The van der Waals surface area contributed by atoms with Crippen molar-refractivity contribution in [1.29, 1.82) is 0 Å². The minimum Gasteiger partial charge on any atom is -0.507 e. The summed E-state index contributed by atoms with van der Waals surface area (Å²) in [6.07, 6.45) is 4.69. The number of benzene rings is 2. The molecule has 3 heterocycles.